The Labute approximate surface area is 133 Å². The van der Waals surface area contributed by atoms with Gasteiger partial charge in [-0.25, -0.2) is 0 Å². The van der Waals surface area contributed by atoms with Crippen molar-refractivity contribution < 1.29 is 10.2 Å². The van der Waals surface area contributed by atoms with Gasteiger partial charge in [-0.1, -0.05) is 0 Å². The van der Waals surface area contributed by atoms with Gasteiger partial charge in [-0.2, -0.15) is 0 Å². The molecule has 0 aliphatic carbocycles. The van der Waals surface area contributed by atoms with Crippen LogP contribution in [0.5, 0.6) is 0 Å². The van der Waals surface area contributed by atoms with Crippen LogP contribution in [0, 0.1) is 11.8 Å². The Morgan fingerprint density at radius 1 is 0.727 bits per heavy atom. The van der Waals surface area contributed by atoms with Crippen LogP contribution in [-0.2, 0) is 0 Å². The van der Waals surface area contributed by atoms with Gasteiger partial charge in [0.25, 0.3) is 0 Å². The van der Waals surface area contributed by atoms with Crippen LogP contribution in [0.25, 0.3) is 0 Å². The van der Waals surface area contributed by atoms with E-state index in [1.165, 1.54) is 0 Å². The lowest BCUT2D eigenvalue weighted by Crippen LogP contribution is -2.62. The van der Waals surface area contributed by atoms with Crippen LogP contribution >= 0.6 is 0 Å². The molecule has 4 bridgehead atoms. The molecule has 6 heteroatoms. The molecule has 0 amide bonds. The smallest absolute Gasteiger partial charge is 0.0924 e. The van der Waals surface area contributed by atoms with E-state index in [1.54, 1.807) is 0 Å². The maximum atomic E-state index is 10.0. The van der Waals surface area contributed by atoms with E-state index in [2.05, 4.69) is 9.80 Å². The molecule has 0 aromatic heterocycles. The monoisotopic (exact) mass is 312 g/mol. The number of hydrogen-bond donors (Lipinski definition) is 4. The van der Waals surface area contributed by atoms with Crippen molar-refractivity contribution in [3.05, 3.63) is 0 Å². The van der Waals surface area contributed by atoms with Crippen molar-refractivity contribution >= 4 is 0 Å². The van der Waals surface area contributed by atoms with Crippen molar-refractivity contribution in [3.8, 4) is 0 Å². The van der Waals surface area contributed by atoms with Gasteiger partial charge in [0.1, 0.15) is 0 Å². The largest absolute Gasteiger partial charge is 0.387 e. The molecular weight excluding hydrogens is 280 g/mol. The molecule has 0 spiro atoms. The SMILES string of the molecule is NCC1(O)CN2CCC1CC2.NCC1(O)CN2CCC1CC2. The first-order valence-corrected chi connectivity index (χ1v) is 8.79. The van der Waals surface area contributed by atoms with E-state index in [0.717, 1.165) is 65.0 Å². The molecular formula is C16H32N4O2. The highest BCUT2D eigenvalue weighted by Gasteiger charge is 2.45. The molecule has 6 heterocycles. The number of hydrogen-bond acceptors (Lipinski definition) is 6. The van der Waals surface area contributed by atoms with E-state index in [9.17, 15) is 10.2 Å². The van der Waals surface area contributed by atoms with Crippen LogP contribution < -0.4 is 11.5 Å². The molecule has 6 N–H and O–H groups in total. The molecule has 2 unspecified atom stereocenters. The Kier molecular flexibility index (Phi) is 4.79. The maximum Gasteiger partial charge on any atom is 0.0924 e. The van der Waals surface area contributed by atoms with Crippen molar-refractivity contribution in [2.45, 2.75) is 36.9 Å². The Morgan fingerprint density at radius 2 is 1.05 bits per heavy atom. The number of piperidine rings is 6. The second-order valence-corrected chi connectivity index (χ2v) is 7.72. The molecule has 6 nitrogen and oxygen atoms in total. The van der Waals surface area contributed by atoms with Gasteiger partial charge >= 0.3 is 0 Å². The van der Waals surface area contributed by atoms with Crippen LogP contribution in [0.4, 0.5) is 0 Å². The minimum absolute atomic E-state index is 0.425. The Morgan fingerprint density at radius 3 is 1.18 bits per heavy atom. The summed E-state index contributed by atoms with van der Waals surface area (Å²) >= 11 is 0. The second-order valence-electron chi connectivity index (χ2n) is 7.72. The van der Waals surface area contributed by atoms with Crippen LogP contribution in [-0.4, -0.2) is 83.6 Å². The molecule has 6 saturated heterocycles. The molecule has 6 fully saturated rings. The lowest BCUT2D eigenvalue weighted by Gasteiger charge is -2.49. The van der Waals surface area contributed by atoms with Crippen molar-refractivity contribution in [2.24, 2.45) is 23.3 Å². The van der Waals surface area contributed by atoms with Gasteiger partial charge in [-0.05, 0) is 63.7 Å². The third-order valence-electron chi connectivity index (χ3n) is 6.40. The summed E-state index contributed by atoms with van der Waals surface area (Å²) in [7, 11) is 0. The predicted molar refractivity (Wildman–Crippen MR) is 86.3 cm³/mol. The molecule has 6 aliphatic rings. The first-order valence-electron chi connectivity index (χ1n) is 8.79. The zero-order valence-electron chi connectivity index (χ0n) is 13.6. The minimum Gasteiger partial charge on any atom is -0.387 e. The van der Waals surface area contributed by atoms with Crippen molar-refractivity contribution in [2.75, 3.05) is 52.4 Å². The number of aliphatic hydroxyl groups is 2. The van der Waals surface area contributed by atoms with E-state index >= 15 is 0 Å². The molecule has 2 atom stereocenters. The lowest BCUT2D eigenvalue weighted by atomic mass is 9.75. The molecule has 6 aliphatic heterocycles. The minimum atomic E-state index is -0.559. The highest BCUT2D eigenvalue weighted by Crippen LogP contribution is 2.35. The highest BCUT2D eigenvalue weighted by atomic mass is 16.3. The van der Waals surface area contributed by atoms with Gasteiger partial charge in [-0.3, -0.25) is 0 Å². The Bertz CT molecular complexity index is 344. The van der Waals surface area contributed by atoms with E-state index in [4.69, 9.17) is 11.5 Å². The van der Waals surface area contributed by atoms with Crippen molar-refractivity contribution in [3.63, 3.8) is 0 Å². The molecule has 0 aromatic rings. The summed E-state index contributed by atoms with van der Waals surface area (Å²) in [5.41, 5.74) is 9.98. The summed E-state index contributed by atoms with van der Waals surface area (Å²) in [5.74, 6) is 0.940. The molecule has 0 aromatic carbocycles. The third kappa shape index (κ3) is 3.05. The van der Waals surface area contributed by atoms with E-state index in [1.807, 2.05) is 0 Å². The van der Waals surface area contributed by atoms with Crippen LogP contribution in [0.15, 0.2) is 0 Å². The maximum absolute atomic E-state index is 10.0. The van der Waals surface area contributed by atoms with Gasteiger partial charge in [-0.15, -0.1) is 0 Å². The summed E-state index contributed by atoms with van der Waals surface area (Å²) in [6.07, 6.45) is 4.53. The fourth-order valence-corrected chi connectivity index (χ4v) is 4.75. The highest BCUT2D eigenvalue weighted by molar-refractivity contribution is 4.99. The number of rotatable bonds is 2. The van der Waals surface area contributed by atoms with Gasteiger partial charge in [0.2, 0.25) is 0 Å². The third-order valence-corrected chi connectivity index (χ3v) is 6.40. The summed E-state index contributed by atoms with van der Waals surface area (Å²) in [4.78, 5) is 4.62. The summed E-state index contributed by atoms with van der Waals surface area (Å²) < 4.78 is 0. The second kappa shape index (κ2) is 6.34. The topological polar surface area (TPSA) is 99.0 Å². The van der Waals surface area contributed by atoms with E-state index in [-0.39, 0.29) is 0 Å². The van der Waals surface area contributed by atoms with Gasteiger partial charge < -0.3 is 31.5 Å². The zero-order chi connectivity index (χ0) is 15.8. The number of fused-ring (bicyclic) bond motifs is 6. The quantitative estimate of drug-likeness (QED) is 0.511. The fraction of sp³-hybridized carbons (Fsp3) is 1.00. The van der Waals surface area contributed by atoms with Crippen molar-refractivity contribution in [1.82, 2.24) is 9.80 Å². The Balaban J connectivity index is 0.000000131. The van der Waals surface area contributed by atoms with E-state index < -0.39 is 11.2 Å². The van der Waals surface area contributed by atoms with Crippen LogP contribution in [0.3, 0.4) is 0 Å². The summed E-state index contributed by atoms with van der Waals surface area (Å²) in [5, 5.41) is 20.0. The molecule has 0 radical (unpaired) electrons. The first kappa shape index (κ1) is 16.6. The summed E-state index contributed by atoms with van der Waals surface area (Å²) in [6.45, 7) is 7.09. The van der Waals surface area contributed by atoms with Crippen molar-refractivity contribution in [1.29, 1.82) is 0 Å². The van der Waals surface area contributed by atoms with Gasteiger partial charge in [0.05, 0.1) is 11.2 Å². The first-order chi connectivity index (χ1) is 10.5. The predicted octanol–water partition coefficient (Wildman–Crippen LogP) is -1.20. The average Bonchev–Trinajstić information content (AvgIpc) is 2.57. The van der Waals surface area contributed by atoms with Crippen LogP contribution in [0.1, 0.15) is 25.7 Å². The van der Waals surface area contributed by atoms with Gasteiger partial charge in [0.15, 0.2) is 0 Å². The number of nitrogens with zero attached hydrogens (tertiary/aromatic N) is 2. The molecule has 0 saturated carbocycles. The normalized spacial score (nSPS) is 49.6. The number of nitrogens with two attached hydrogens (primary N) is 2. The summed E-state index contributed by atoms with van der Waals surface area (Å²) in [6, 6.07) is 0. The van der Waals surface area contributed by atoms with Crippen LogP contribution in [0.2, 0.25) is 0 Å². The molecule has 128 valence electrons. The standard InChI is InChI=1S/2C8H16N2O/c2*9-5-8(11)6-10-3-1-7(8)2-4-10/h2*7,11H,1-6,9H2. The fourth-order valence-electron chi connectivity index (χ4n) is 4.75. The van der Waals surface area contributed by atoms with E-state index in [0.29, 0.717) is 24.9 Å². The van der Waals surface area contributed by atoms with Gasteiger partial charge in [0, 0.05) is 26.2 Å². The zero-order valence-corrected chi connectivity index (χ0v) is 13.6. The molecule has 22 heavy (non-hydrogen) atoms. The average molecular weight is 312 g/mol. The molecule has 6 rings (SSSR count). The Hall–Kier alpha value is -0.240. The lowest BCUT2D eigenvalue weighted by molar-refractivity contribution is -0.105.